The summed E-state index contributed by atoms with van der Waals surface area (Å²) < 4.78 is 30.9. The van der Waals surface area contributed by atoms with Crippen LogP contribution in [0.25, 0.3) is 0 Å². The number of methoxy groups -OCH3 is 1. The smallest absolute Gasteiger partial charge is 0.227 e. The van der Waals surface area contributed by atoms with Crippen LogP contribution in [-0.2, 0) is 21.2 Å². The van der Waals surface area contributed by atoms with E-state index < -0.39 is 10.0 Å². The second kappa shape index (κ2) is 8.58. The van der Waals surface area contributed by atoms with E-state index in [1.165, 1.54) is 10.6 Å². The topological polar surface area (TPSA) is 70.2 Å². The van der Waals surface area contributed by atoms with Crippen LogP contribution in [-0.4, -0.2) is 87.1 Å². The minimum absolute atomic E-state index is 0.0249. The fourth-order valence-electron chi connectivity index (χ4n) is 3.99. The highest BCUT2D eigenvalue weighted by atomic mass is 32.2. The Labute approximate surface area is 161 Å². The molecule has 1 amide bonds. The average Bonchev–Trinajstić information content (AvgIpc) is 3.14. The lowest BCUT2D eigenvalue weighted by Gasteiger charge is -2.42. The van der Waals surface area contributed by atoms with E-state index in [9.17, 15) is 13.2 Å². The number of para-hydroxylation sites is 1. The number of ether oxygens (including phenoxy) is 1. The predicted molar refractivity (Wildman–Crippen MR) is 104 cm³/mol. The molecule has 150 valence electrons. The molecule has 2 aliphatic heterocycles. The van der Waals surface area contributed by atoms with Crippen LogP contribution < -0.4 is 4.74 Å². The Morgan fingerprint density at radius 1 is 1.15 bits per heavy atom. The molecule has 0 saturated carbocycles. The zero-order chi connectivity index (χ0) is 19.4. The normalized spacial score (nSPS) is 22.1. The van der Waals surface area contributed by atoms with Crippen LogP contribution in [0.3, 0.4) is 0 Å². The standard InChI is InChI=1S/C19H29N3O4S/c1-26-18-8-4-3-7-16(18)13-19(23)22-12-11-21(27(2,24)25)15-17(22)14-20-9-5-6-10-20/h3-4,7-8,17H,5-6,9-15H2,1-2H3/t17-/m1/s1. The van der Waals surface area contributed by atoms with E-state index >= 15 is 0 Å². The summed E-state index contributed by atoms with van der Waals surface area (Å²) in [5.41, 5.74) is 0.857. The Balaban J connectivity index is 1.75. The number of benzene rings is 1. The van der Waals surface area contributed by atoms with Gasteiger partial charge in [0.05, 0.1) is 25.8 Å². The van der Waals surface area contributed by atoms with Gasteiger partial charge in [0.25, 0.3) is 0 Å². The lowest BCUT2D eigenvalue weighted by atomic mass is 10.1. The monoisotopic (exact) mass is 395 g/mol. The van der Waals surface area contributed by atoms with E-state index in [4.69, 9.17) is 4.74 Å². The predicted octanol–water partition coefficient (Wildman–Crippen LogP) is 0.806. The van der Waals surface area contributed by atoms with Crippen LogP contribution in [0.5, 0.6) is 5.75 Å². The molecule has 3 rings (SSSR count). The maximum Gasteiger partial charge on any atom is 0.227 e. The number of hydrogen-bond donors (Lipinski definition) is 0. The Bertz CT molecular complexity index is 762. The summed E-state index contributed by atoms with van der Waals surface area (Å²) in [6.45, 7) is 3.91. The van der Waals surface area contributed by atoms with E-state index in [-0.39, 0.29) is 18.4 Å². The van der Waals surface area contributed by atoms with Gasteiger partial charge in [-0.2, -0.15) is 4.31 Å². The fourth-order valence-corrected chi connectivity index (χ4v) is 4.85. The summed E-state index contributed by atoms with van der Waals surface area (Å²) in [4.78, 5) is 17.3. The van der Waals surface area contributed by atoms with Crippen LogP contribution in [0.15, 0.2) is 24.3 Å². The van der Waals surface area contributed by atoms with E-state index in [0.29, 0.717) is 25.4 Å². The maximum atomic E-state index is 13.1. The molecule has 2 fully saturated rings. The van der Waals surface area contributed by atoms with Gasteiger partial charge in [-0.3, -0.25) is 4.79 Å². The largest absolute Gasteiger partial charge is 0.496 e. The van der Waals surface area contributed by atoms with Crippen molar-refractivity contribution in [2.24, 2.45) is 0 Å². The molecule has 1 aromatic rings. The SMILES string of the molecule is COc1ccccc1CC(=O)N1CCN(S(C)(=O)=O)C[C@H]1CN1CCCC1. The summed E-state index contributed by atoms with van der Waals surface area (Å²) in [7, 11) is -1.65. The average molecular weight is 396 g/mol. The van der Waals surface area contributed by atoms with Crippen LogP contribution in [0.2, 0.25) is 0 Å². The van der Waals surface area contributed by atoms with Crippen molar-refractivity contribution in [3.8, 4) is 5.75 Å². The lowest BCUT2D eigenvalue weighted by Crippen LogP contribution is -2.59. The van der Waals surface area contributed by atoms with E-state index in [1.807, 2.05) is 29.2 Å². The molecule has 2 heterocycles. The van der Waals surface area contributed by atoms with Gasteiger partial charge < -0.3 is 14.5 Å². The Morgan fingerprint density at radius 3 is 2.52 bits per heavy atom. The first-order valence-electron chi connectivity index (χ1n) is 9.47. The van der Waals surface area contributed by atoms with Gasteiger partial charge in [0.15, 0.2) is 0 Å². The highest BCUT2D eigenvalue weighted by Gasteiger charge is 2.35. The fraction of sp³-hybridized carbons (Fsp3) is 0.632. The summed E-state index contributed by atoms with van der Waals surface area (Å²) in [6, 6.07) is 7.42. The molecule has 0 bridgehead atoms. The quantitative estimate of drug-likeness (QED) is 0.713. The zero-order valence-electron chi connectivity index (χ0n) is 16.1. The number of amides is 1. The molecule has 7 nitrogen and oxygen atoms in total. The summed E-state index contributed by atoms with van der Waals surface area (Å²) in [6.07, 6.45) is 3.83. The van der Waals surface area contributed by atoms with E-state index in [2.05, 4.69) is 4.90 Å². The number of rotatable bonds is 6. The number of hydrogen-bond acceptors (Lipinski definition) is 5. The van der Waals surface area contributed by atoms with Gasteiger partial charge in [-0.15, -0.1) is 0 Å². The molecule has 0 unspecified atom stereocenters. The van der Waals surface area contributed by atoms with Gasteiger partial charge in [0.1, 0.15) is 5.75 Å². The second-order valence-electron chi connectivity index (χ2n) is 7.36. The van der Waals surface area contributed by atoms with Crippen molar-refractivity contribution < 1.29 is 17.9 Å². The molecule has 0 spiro atoms. The first-order valence-corrected chi connectivity index (χ1v) is 11.3. The molecule has 1 atom stereocenters. The van der Waals surface area contributed by atoms with Crippen molar-refractivity contribution in [1.29, 1.82) is 0 Å². The Kier molecular flexibility index (Phi) is 6.39. The van der Waals surface area contributed by atoms with Crippen LogP contribution in [0.1, 0.15) is 18.4 Å². The minimum atomic E-state index is -3.25. The Hall–Kier alpha value is -1.64. The molecule has 0 aromatic heterocycles. The number of nitrogens with zero attached hydrogens (tertiary/aromatic N) is 3. The molecular formula is C19H29N3O4S. The number of piperazine rings is 1. The molecule has 0 aliphatic carbocycles. The van der Waals surface area contributed by atoms with Gasteiger partial charge in [-0.1, -0.05) is 18.2 Å². The first kappa shape index (κ1) is 20.1. The number of sulfonamides is 1. The number of carbonyl (C=O) groups excluding carboxylic acids is 1. The lowest BCUT2D eigenvalue weighted by molar-refractivity contribution is -0.135. The van der Waals surface area contributed by atoms with Crippen LogP contribution in [0.4, 0.5) is 0 Å². The first-order chi connectivity index (χ1) is 12.9. The van der Waals surface area contributed by atoms with Gasteiger partial charge in [0.2, 0.25) is 15.9 Å². The number of likely N-dealkylation sites (tertiary alicyclic amines) is 1. The van der Waals surface area contributed by atoms with Crippen molar-refractivity contribution in [2.45, 2.75) is 25.3 Å². The van der Waals surface area contributed by atoms with Gasteiger partial charge >= 0.3 is 0 Å². The van der Waals surface area contributed by atoms with Crippen molar-refractivity contribution in [2.75, 3.05) is 52.6 Å². The van der Waals surface area contributed by atoms with Gasteiger partial charge in [-0.05, 0) is 32.0 Å². The highest BCUT2D eigenvalue weighted by molar-refractivity contribution is 7.88. The van der Waals surface area contributed by atoms with E-state index in [1.54, 1.807) is 7.11 Å². The third-order valence-corrected chi connectivity index (χ3v) is 6.71. The van der Waals surface area contributed by atoms with E-state index in [0.717, 1.165) is 38.0 Å². The van der Waals surface area contributed by atoms with Crippen molar-refractivity contribution >= 4 is 15.9 Å². The Morgan fingerprint density at radius 2 is 1.85 bits per heavy atom. The third-order valence-electron chi connectivity index (χ3n) is 5.44. The number of carbonyl (C=O) groups is 1. The molecule has 1 aromatic carbocycles. The van der Waals surface area contributed by atoms with Gasteiger partial charge in [0, 0.05) is 31.7 Å². The van der Waals surface area contributed by atoms with Crippen molar-refractivity contribution in [3.05, 3.63) is 29.8 Å². The minimum Gasteiger partial charge on any atom is -0.496 e. The van der Waals surface area contributed by atoms with Crippen molar-refractivity contribution in [1.82, 2.24) is 14.1 Å². The molecule has 0 N–H and O–H groups in total. The summed E-state index contributed by atoms with van der Waals surface area (Å²) in [5.74, 6) is 0.730. The summed E-state index contributed by atoms with van der Waals surface area (Å²) in [5, 5.41) is 0. The van der Waals surface area contributed by atoms with Crippen molar-refractivity contribution in [3.63, 3.8) is 0 Å². The highest BCUT2D eigenvalue weighted by Crippen LogP contribution is 2.22. The molecule has 2 saturated heterocycles. The van der Waals surface area contributed by atoms with Crippen LogP contribution >= 0.6 is 0 Å². The van der Waals surface area contributed by atoms with Crippen LogP contribution in [0, 0.1) is 0 Å². The molecular weight excluding hydrogens is 366 g/mol. The zero-order valence-corrected chi connectivity index (χ0v) is 17.0. The molecule has 8 heteroatoms. The summed E-state index contributed by atoms with van der Waals surface area (Å²) >= 11 is 0. The van der Waals surface area contributed by atoms with Gasteiger partial charge in [-0.25, -0.2) is 8.42 Å². The third kappa shape index (κ3) is 5.00. The molecule has 27 heavy (non-hydrogen) atoms. The molecule has 0 radical (unpaired) electrons. The molecule has 2 aliphatic rings. The second-order valence-corrected chi connectivity index (χ2v) is 9.34. The maximum absolute atomic E-state index is 13.1.